The van der Waals surface area contributed by atoms with Crippen LogP contribution in [0.5, 0.6) is 0 Å². The Labute approximate surface area is 76.2 Å². The van der Waals surface area contributed by atoms with Gasteiger partial charge in [-0.3, -0.25) is 4.79 Å². The van der Waals surface area contributed by atoms with Gasteiger partial charge in [-0.25, -0.2) is 4.68 Å². The minimum absolute atomic E-state index is 0.172. The zero-order valence-electron chi connectivity index (χ0n) is 7.64. The number of carboxylic acids is 1. The van der Waals surface area contributed by atoms with E-state index in [1.165, 1.54) is 4.68 Å². The quantitative estimate of drug-likeness (QED) is 0.582. The Hall–Kier alpha value is -1.40. The maximum absolute atomic E-state index is 10.4. The van der Waals surface area contributed by atoms with E-state index in [9.17, 15) is 4.79 Å². The fourth-order valence-corrected chi connectivity index (χ4v) is 0.986. The molecule has 0 saturated carbocycles. The van der Waals surface area contributed by atoms with Gasteiger partial charge in [0.2, 0.25) is 7.28 Å². The highest BCUT2D eigenvalue weighted by Gasteiger charge is 2.11. The number of aliphatic carboxylic acids is 1. The first-order valence-corrected chi connectivity index (χ1v) is 4.06. The number of hydrogen-bond donors (Lipinski definition) is 1. The van der Waals surface area contributed by atoms with Crippen LogP contribution in [0, 0.1) is 0 Å². The molecule has 0 bridgehead atoms. The predicted molar refractivity (Wildman–Crippen MR) is 47.3 cm³/mol. The molecule has 7 heteroatoms. The van der Waals surface area contributed by atoms with Gasteiger partial charge in [-0.1, -0.05) is 19.7 Å². The van der Waals surface area contributed by atoms with Crippen molar-refractivity contribution in [1.82, 2.24) is 20.2 Å². The molecule has 0 aliphatic rings. The van der Waals surface area contributed by atoms with Crippen LogP contribution in [-0.2, 0) is 11.3 Å². The molecule has 0 saturated heterocycles. The first kappa shape index (κ1) is 9.69. The highest BCUT2D eigenvalue weighted by atomic mass is 16.4. The maximum atomic E-state index is 10.4. The van der Waals surface area contributed by atoms with Crippen molar-refractivity contribution in [3.8, 4) is 0 Å². The summed E-state index contributed by atoms with van der Waals surface area (Å²) >= 11 is 0. The summed E-state index contributed by atoms with van der Waals surface area (Å²) in [4.78, 5) is 10.4. The number of carbonyl (C=O) groups is 1. The Bertz CT molecular complexity index is 299. The minimum Gasteiger partial charge on any atom is -0.480 e. The summed E-state index contributed by atoms with van der Waals surface area (Å²) in [5, 5.41) is 19.3. The van der Waals surface area contributed by atoms with Gasteiger partial charge in [-0.15, -0.1) is 5.10 Å². The third kappa shape index (κ3) is 2.85. The summed E-state index contributed by atoms with van der Waals surface area (Å²) in [6.07, 6.45) is 0. The van der Waals surface area contributed by atoms with Crippen molar-refractivity contribution >= 4 is 19.0 Å². The molecule has 0 atom stereocenters. The van der Waals surface area contributed by atoms with Crippen molar-refractivity contribution in [3.05, 3.63) is 0 Å². The minimum atomic E-state index is -0.933. The Kier molecular flexibility index (Phi) is 3.00. The van der Waals surface area contributed by atoms with Gasteiger partial charge in [0, 0.05) is 0 Å². The van der Waals surface area contributed by atoms with Crippen molar-refractivity contribution < 1.29 is 9.90 Å². The van der Waals surface area contributed by atoms with Gasteiger partial charge in [-0.2, -0.15) is 0 Å². The summed E-state index contributed by atoms with van der Waals surface area (Å²) in [5.41, 5.74) is 0.623. The van der Waals surface area contributed by atoms with E-state index in [2.05, 4.69) is 15.5 Å². The van der Waals surface area contributed by atoms with E-state index < -0.39 is 5.97 Å². The third-order valence-electron chi connectivity index (χ3n) is 1.48. The molecule has 1 rings (SSSR count). The molecule has 70 valence electrons. The zero-order chi connectivity index (χ0) is 9.84. The number of aromatic nitrogens is 4. The van der Waals surface area contributed by atoms with Crippen LogP contribution in [0.25, 0.3) is 0 Å². The van der Waals surface area contributed by atoms with Crippen LogP contribution in [0.3, 0.4) is 0 Å². The lowest BCUT2D eigenvalue weighted by atomic mass is 9.65. The molecule has 1 aromatic heterocycles. The lowest BCUT2D eigenvalue weighted by molar-refractivity contribution is -0.137. The van der Waals surface area contributed by atoms with Crippen LogP contribution >= 0.6 is 0 Å². The van der Waals surface area contributed by atoms with Crippen molar-refractivity contribution in [2.24, 2.45) is 0 Å². The average molecular weight is 182 g/mol. The van der Waals surface area contributed by atoms with E-state index in [0.717, 1.165) is 0 Å². The Morgan fingerprint density at radius 2 is 2.38 bits per heavy atom. The summed E-state index contributed by atoms with van der Waals surface area (Å²) in [7, 11) is 0.695. The van der Waals surface area contributed by atoms with Crippen LogP contribution in [0.2, 0.25) is 5.82 Å². The number of carboxylic acid groups (broad SMARTS) is 1. The summed E-state index contributed by atoms with van der Waals surface area (Å²) in [6, 6.07) is 0. The maximum Gasteiger partial charge on any atom is 0.325 e. The van der Waals surface area contributed by atoms with Crippen molar-refractivity contribution in [2.75, 3.05) is 0 Å². The Balaban J connectivity index is 2.71. The summed E-state index contributed by atoms with van der Waals surface area (Å²) < 4.78 is 1.31. The molecule has 0 aliphatic carbocycles. The van der Waals surface area contributed by atoms with E-state index in [1.54, 1.807) is 0 Å². The average Bonchev–Trinajstić information content (AvgIpc) is 2.34. The van der Waals surface area contributed by atoms with Gasteiger partial charge in [0.05, 0.1) is 0 Å². The fraction of sp³-hybridized carbons (Fsp3) is 0.667. The molecule has 6 nitrogen and oxygen atoms in total. The van der Waals surface area contributed by atoms with Gasteiger partial charge in [-0.05, 0) is 10.4 Å². The van der Waals surface area contributed by atoms with Gasteiger partial charge >= 0.3 is 5.97 Å². The number of hydrogen-bond acceptors (Lipinski definition) is 4. The molecule has 0 amide bonds. The highest BCUT2D eigenvalue weighted by Crippen LogP contribution is 1.94. The molecule has 1 heterocycles. The van der Waals surface area contributed by atoms with Crippen molar-refractivity contribution in [1.29, 1.82) is 0 Å². The number of rotatable bonds is 4. The first-order valence-electron chi connectivity index (χ1n) is 4.06. The van der Waals surface area contributed by atoms with Crippen molar-refractivity contribution in [2.45, 2.75) is 26.2 Å². The monoisotopic (exact) mass is 182 g/mol. The number of tetrazole rings is 1. The lowest BCUT2D eigenvalue weighted by Gasteiger charge is -2.01. The largest absolute Gasteiger partial charge is 0.480 e. The topological polar surface area (TPSA) is 80.9 Å². The third-order valence-corrected chi connectivity index (χ3v) is 1.48. The second kappa shape index (κ2) is 4.02. The molecule has 1 N–H and O–H groups in total. The molecule has 0 radical (unpaired) electrons. The van der Waals surface area contributed by atoms with Gasteiger partial charge in [0.25, 0.3) is 0 Å². The van der Waals surface area contributed by atoms with E-state index in [4.69, 9.17) is 5.11 Å². The number of nitrogens with zero attached hydrogens (tertiary/aromatic N) is 4. The first-order chi connectivity index (χ1) is 6.09. The van der Waals surface area contributed by atoms with E-state index in [-0.39, 0.29) is 6.54 Å². The van der Waals surface area contributed by atoms with Crippen LogP contribution in [0.15, 0.2) is 0 Å². The molecular weight excluding hydrogens is 171 g/mol. The Morgan fingerprint density at radius 1 is 1.69 bits per heavy atom. The van der Waals surface area contributed by atoms with Crippen LogP contribution in [-0.4, -0.2) is 38.6 Å². The fourth-order valence-electron chi connectivity index (χ4n) is 0.986. The Morgan fingerprint density at radius 3 is 2.92 bits per heavy atom. The van der Waals surface area contributed by atoms with Gasteiger partial charge in [0.1, 0.15) is 12.3 Å². The second-order valence-electron chi connectivity index (χ2n) is 3.24. The van der Waals surface area contributed by atoms with Crippen LogP contribution < -0.4 is 5.72 Å². The van der Waals surface area contributed by atoms with E-state index >= 15 is 0 Å². The van der Waals surface area contributed by atoms with Crippen LogP contribution in [0.1, 0.15) is 13.8 Å². The lowest BCUT2D eigenvalue weighted by Crippen LogP contribution is -2.31. The summed E-state index contributed by atoms with van der Waals surface area (Å²) in [5.74, 6) is -0.518. The molecule has 0 spiro atoms. The predicted octanol–water partition coefficient (Wildman–Crippen LogP) is -1.35. The zero-order valence-corrected chi connectivity index (χ0v) is 7.64. The van der Waals surface area contributed by atoms with E-state index in [1.807, 2.05) is 13.8 Å². The van der Waals surface area contributed by atoms with Crippen LogP contribution in [0.4, 0.5) is 0 Å². The molecule has 0 aromatic carbocycles. The molecule has 0 aliphatic heterocycles. The standard InChI is InChI=1S/C6H11BN4O2/c1-4(2)7-6-8-9-10-11(6)3-5(12)13/h4,7H,3H2,1-2H3,(H,12,13). The van der Waals surface area contributed by atoms with Gasteiger partial charge in [0.15, 0.2) is 0 Å². The van der Waals surface area contributed by atoms with Gasteiger partial charge < -0.3 is 5.11 Å². The van der Waals surface area contributed by atoms with E-state index in [0.29, 0.717) is 18.8 Å². The molecular formula is C6H11BN4O2. The summed E-state index contributed by atoms with van der Waals surface area (Å²) in [6.45, 7) is 3.88. The molecule has 1 aromatic rings. The second-order valence-corrected chi connectivity index (χ2v) is 3.24. The molecule has 13 heavy (non-hydrogen) atoms. The normalized spacial score (nSPS) is 10.4. The molecule has 0 fully saturated rings. The van der Waals surface area contributed by atoms with Crippen molar-refractivity contribution in [3.63, 3.8) is 0 Å². The molecule has 0 unspecified atom stereocenters. The smallest absolute Gasteiger partial charge is 0.325 e. The highest BCUT2D eigenvalue weighted by molar-refractivity contribution is 6.52. The SMILES string of the molecule is CC(C)Bc1nnnn1CC(=O)O.